The quantitative estimate of drug-likeness (QED) is 0.473. The van der Waals surface area contributed by atoms with E-state index in [0.29, 0.717) is 5.92 Å². The molecule has 2 heterocycles. The van der Waals surface area contributed by atoms with Gasteiger partial charge in [0.25, 0.3) is 0 Å². The molecule has 196 valence electrons. The van der Waals surface area contributed by atoms with Crippen molar-refractivity contribution in [1.82, 2.24) is 19.7 Å². The van der Waals surface area contributed by atoms with Gasteiger partial charge in [-0.15, -0.1) is 0 Å². The number of hydrogen-bond donors (Lipinski definition) is 0. The normalized spacial score (nSPS) is 20.0. The lowest BCUT2D eigenvalue weighted by Gasteiger charge is -2.38. The summed E-state index contributed by atoms with van der Waals surface area (Å²) in [5, 5.41) is 4.90. The first kappa shape index (κ1) is 26.1. The summed E-state index contributed by atoms with van der Waals surface area (Å²) in [4.78, 5) is 31.0. The van der Waals surface area contributed by atoms with E-state index in [0.717, 1.165) is 53.1 Å². The molecule has 0 unspecified atom stereocenters. The topological polar surface area (TPSA) is 86.6 Å². The zero-order valence-electron chi connectivity index (χ0n) is 22.3. The third-order valence-corrected chi connectivity index (χ3v) is 6.28. The number of hydrogen-bond acceptors (Lipinski definition) is 6. The SMILES string of the molecule is Cc1cc(F)cnc1-c1cn(C2CC(CN(C(=O)OC(C)(C)C)C(=O)OC(C)(C)C)C2)nc1C1CC1. The van der Waals surface area contributed by atoms with Crippen LogP contribution in [0.1, 0.15) is 90.4 Å². The second-order valence-corrected chi connectivity index (χ2v) is 12.1. The number of halogens is 1. The molecule has 0 atom stereocenters. The number of ether oxygens (including phenoxy) is 2. The lowest BCUT2D eigenvalue weighted by Crippen LogP contribution is -2.47. The predicted molar refractivity (Wildman–Crippen MR) is 133 cm³/mol. The Bertz CT molecular complexity index is 1110. The van der Waals surface area contributed by atoms with Gasteiger partial charge in [0.05, 0.1) is 23.6 Å². The summed E-state index contributed by atoms with van der Waals surface area (Å²) in [6, 6.07) is 1.65. The summed E-state index contributed by atoms with van der Waals surface area (Å²) in [6.45, 7) is 12.7. The fourth-order valence-electron chi connectivity index (χ4n) is 4.44. The second kappa shape index (κ2) is 9.48. The molecule has 2 saturated carbocycles. The van der Waals surface area contributed by atoms with Crippen LogP contribution < -0.4 is 0 Å². The van der Waals surface area contributed by atoms with Crippen LogP contribution in [0.2, 0.25) is 0 Å². The van der Waals surface area contributed by atoms with Crippen molar-refractivity contribution < 1.29 is 23.5 Å². The van der Waals surface area contributed by atoms with Crippen molar-refractivity contribution in [3.8, 4) is 11.3 Å². The number of imide groups is 1. The van der Waals surface area contributed by atoms with Crippen molar-refractivity contribution >= 4 is 12.2 Å². The first-order valence-electron chi connectivity index (χ1n) is 12.7. The minimum absolute atomic E-state index is 0.109. The summed E-state index contributed by atoms with van der Waals surface area (Å²) in [5.74, 6) is 0.175. The van der Waals surface area contributed by atoms with Gasteiger partial charge in [-0.2, -0.15) is 5.10 Å². The maximum Gasteiger partial charge on any atom is 0.419 e. The average Bonchev–Trinajstić information content (AvgIpc) is 3.44. The average molecular weight is 501 g/mol. The molecule has 0 aromatic carbocycles. The lowest BCUT2D eigenvalue weighted by atomic mass is 9.80. The first-order valence-corrected chi connectivity index (χ1v) is 12.7. The highest BCUT2D eigenvalue weighted by Gasteiger charge is 2.39. The van der Waals surface area contributed by atoms with E-state index in [1.54, 1.807) is 41.5 Å². The Morgan fingerprint density at radius 2 is 1.67 bits per heavy atom. The number of rotatable bonds is 5. The molecule has 0 N–H and O–H groups in total. The van der Waals surface area contributed by atoms with E-state index in [-0.39, 0.29) is 24.3 Å². The minimum atomic E-state index is -0.726. The zero-order valence-corrected chi connectivity index (χ0v) is 22.3. The number of aromatic nitrogens is 3. The van der Waals surface area contributed by atoms with E-state index >= 15 is 0 Å². The van der Waals surface area contributed by atoms with Crippen molar-refractivity contribution in [2.24, 2.45) is 5.92 Å². The molecule has 9 heteroatoms. The molecule has 0 bridgehead atoms. The molecule has 2 amide bonds. The fourth-order valence-corrected chi connectivity index (χ4v) is 4.44. The summed E-state index contributed by atoms with van der Waals surface area (Å²) in [7, 11) is 0. The molecule has 0 saturated heterocycles. The van der Waals surface area contributed by atoms with E-state index in [1.165, 1.54) is 12.3 Å². The number of nitrogens with zero attached hydrogens (tertiary/aromatic N) is 4. The first-order chi connectivity index (χ1) is 16.7. The Labute approximate surface area is 212 Å². The Morgan fingerprint density at radius 1 is 1.08 bits per heavy atom. The molecule has 36 heavy (non-hydrogen) atoms. The fraction of sp³-hybridized carbons (Fsp3) is 0.630. The number of carbonyl (C=O) groups is 2. The summed E-state index contributed by atoms with van der Waals surface area (Å²) in [6.07, 6.45) is 5.59. The van der Waals surface area contributed by atoms with Crippen LogP contribution in [0, 0.1) is 18.7 Å². The van der Waals surface area contributed by atoms with E-state index < -0.39 is 23.4 Å². The maximum atomic E-state index is 13.6. The molecule has 2 aromatic heterocycles. The highest BCUT2D eigenvalue weighted by atomic mass is 19.1. The van der Waals surface area contributed by atoms with Gasteiger partial charge in [0, 0.05) is 24.2 Å². The maximum absolute atomic E-state index is 13.6. The summed E-state index contributed by atoms with van der Waals surface area (Å²) >= 11 is 0. The largest absolute Gasteiger partial charge is 0.443 e. The molecule has 2 aromatic rings. The molecule has 0 radical (unpaired) electrons. The highest BCUT2D eigenvalue weighted by molar-refractivity contribution is 5.88. The van der Waals surface area contributed by atoms with E-state index in [2.05, 4.69) is 4.98 Å². The minimum Gasteiger partial charge on any atom is -0.443 e. The monoisotopic (exact) mass is 500 g/mol. The van der Waals surface area contributed by atoms with Crippen LogP contribution in [0.4, 0.5) is 14.0 Å². The Hall–Kier alpha value is -2.97. The Morgan fingerprint density at radius 3 is 2.17 bits per heavy atom. The number of carbonyl (C=O) groups excluding carboxylic acids is 2. The molecule has 0 aliphatic heterocycles. The third-order valence-electron chi connectivity index (χ3n) is 6.28. The van der Waals surface area contributed by atoms with Crippen molar-refractivity contribution in [3.63, 3.8) is 0 Å². The smallest absolute Gasteiger partial charge is 0.419 e. The molecular formula is C27H37FN4O4. The van der Waals surface area contributed by atoms with E-state index in [9.17, 15) is 14.0 Å². The highest BCUT2D eigenvalue weighted by Crippen LogP contribution is 2.46. The van der Waals surface area contributed by atoms with E-state index in [1.807, 2.05) is 17.8 Å². The van der Waals surface area contributed by atoms with Gasteiger partial charge < -0.3 is 9.47 Å². The zero-order chi connectivity index (χ0) is 26.4. The van der Waals surface area contributed by atoms with Gasteiger partial charge >= 0.3 is 12.2 Å². The molecule has 4 rings (SSSR count). The molecule has 0 spiro atoms. The molecule has 2 fully saturated rings. The van der Waals surface area contributed by atoms with Gasteiger partial charge in [-0.1, -0.05) is 0 Å². The molecular weight excluding hydrogens is 463 g/mol. The molecule has 8 nitrogen and oxygen atoms in total. The van der Waals surface area contributed by atoms with Gasteiger partial charge in [0.1, 0.15) is 17.0 Å². The molecule has 2 aliphatic rings. The van der Waals surface area contributed by atoms with Crippen molar-refractivity contribution in [2.45, 2.75) is 97.3 Å². The van der Waals surface area contributed by atoms with Crippen LogP contribution in [0.5, 0.6) is 0 Å². The standard InChI is InChI=1S/C27H37FN4O4/c1-16-10-19(28)13-29-22(16)21-15-32(30-23(21)18-8-9-18)20-11-17(12-20)14-31(24(33)35-26(2,3)4)25(34)36-27(5,6)7/h10,13,15,17-18,20H,8-9,11-12,14H2,1-7H3. The Kier molecular flexibility index (Phi) is 6.88. The van der Waals surface area contributed by atoms with E-state index in [4.69, 9.17) is 14.6 Å². The van der Waals surface area contributed by atoms with Gasteiger partial charge in [-0.3, -0.25) is 9.67 Å². The van der Waals surface area contributed by atoms with Crippen LogP contribution in [-0.4, -0.2) is 49.6 Å². The van der Waals surface area contributed by atoms with Crippen LogP contribution in [0.3, 0.4) is 0 Å². The van der Waals surface area contributed by atoms with Crippen LogP contribution >= 0.6 is 0 Å². The number of amides is 2. The van der Waals surface area contributed by atoms with Crippen molar-refractivity contribution in [1.29, 1.82) is 0 Å². The van der Waals surface area contributed by atoms with Gasteiger partial charge in [-0.05, 0) is 91.7 Å². The summed E-state index contributed by atoms with van der Waals surface area (Å²) in [5.41, 5.74) is 2.08. The van der Waals surface area contributed by atoms with Crippen molar-refractivity contribution in [3.05, 3.63) is 35.5 Å². The number of pyridine rings is 1. The lowest BCUT2D eigenvalue weighted by molar-refractivity contribution is -0.00641. The Balaban J connectivity index is 1.47. The number of aryl methyl sites for hydroxylation is 1. The second-order valence-electron chi connectivity index (χ2n) is 12.1. The van der Waals surface area contributed by atoms with Crippen LogP contribution in [0.15, 0.2) is 18.5 Å². The predicted octanol–water partition coefficient (Wildman–Crippen LogP) is 6.39. The van der Waals surface area contributed by atoms with Crippen molar-refractivity contribution in [2.75, 3.05) is 6.54 Å². The third kappa shape index (κ3) is 6.23. The van der Waals surface area contributed by atoms with Crippen LogP contribution in [-0.2, 0) is 9.47 Å². The summed E-state index contributed by atoms with van der Waals surface area (Å²) < 4.78 is 26.5. The molecule has 2 aliphatic carbocycles. The van der Waals surface area contributed by atoms with Gasteiger partial charge in [0.15, 0.2) is 0 Å². The van der Waals surface area contributed by atoms with Gasteiger partial charge in [0.2, 0.25) is 0 Å². The van der Waals surface area contributed by atoms with Crippen LogP contribution in [0.25, 0.3) is 11.3 Å². The van der Waals surface area contributed by atoms with Gasteiger partial charge in [-0.25, -0.2) is 18.9 Å².